The molecule has 2 aromatic rings. The van der Waals surface area contributed by atoms with Crippen molar-refractivity contribution < 1.29 is 34.0 Å². The van der Waals surface area contributed by atoms with Gasteiger partial charge < -0.3 is 24.4 Å². The molecule has 2 N–H and O–H groups in total. The van der Waals surface area contributed by atoms with Gasteiger partial charge in [-0.25, -0.2) is 9.59 Å². The number of aliphatic hydroxyl groups is 1. The summed E-state index contributed by atoms with van der Waals surface area (Å²) >= 11 is 0. The Kier molecular flexibility index (Phi) is 22.6. The molecule has 0 fully saturated rings. The zero-order chi connectivity index (χ0) is 31.6. The predicted octanol–water partition coefficient (Wildman–Crippen LogP) is 8.01. The van der Waals surface area contributed by atoms with E-state index in [1.54, 1.807) is 30.4 Å². The number of aryl methyl sites for hydroxylation is 2. The molecule has 0 atom stereocenters. The van der Waals surface area contributed by atoms with Crippen LogP contribution in [0.1, 0.15) is 90.6 Å². The zero-order valence-corrected chi connectivity index (χ0v) is 25.7. The quantitative estimate of drug-likeness (QED) is 0.0982. The summed E-state index contributed by atoms with van der Waals surface area (Å²) in [5, 5.41) is 16.0. The number of aliphatic hydroxyl groups excluding tert-OH is 1. The molecule has 7 heteroatoms. The van der Waals surface area contributed by atoms with Gasteiger partial charge in [0, 0.05) is 7.11 Å². The Labute approximate surface area is 252 Å². The van der Waals surface area contributed by atoms with Gasteiger partial charge in [0.05, 0.1) is 30.9 Å². The van der Waals surface area contributed by atoms with Crippen molar-refractivity contribution in [1.29, 1.82) is 0 Å². The SMILES string of the molecule is C=CCCOC(=O)c1ccc(CCCC)c(OCCC=C)c1.C=CCCOc1cc(C(=O)O)ccc1CCCC.CO. The van der Waals surface area contributed by atoms with Crippen LogP contribution in [0.25, 0.3) is 0 Å². The Balaban J connectivity index is 0.000000769. The number of carbonyl (C=O) groups excluding carboxylic acids is 1. The molecule has 7 nitrogen and oxygen atoms in total. The molecular weight excluding hydrogens is 532 g/mol. The van der Waals surface area contributed by atoms with Gasteiger partial charge in [0.15, 0.2) is 0 Å². The Morgan fingerprint density at radius 2 is 1.14 bits per heavy atom. The molecule has 0 aliphatic heterocycles. The minimum atomic E-state index is -0.925. The molecule has 2 aromatic carbocycles. The monoisotopic (exact) mass is 582 g/mol. The van der Waals surface area contributed by atoms with Crippen molar-refractivity contribution in [3.63, 3.8) is 0 Å². The van der Waals surface area contributed by atoms with Crippen molar-refractivity contribution in [2.75, 3.05) is 26.9 Å². The molecule has 0 aliphatic rings. The molecule has 0 amide bonds. The fraction of sp³-hybridized carbons (Fsp3) is 0.429. The first-order valence-corrected chi connectivity index (χ1v) is 14.6. The number of ether oxygens (including phenoxy) is 3. The van der Waals surface area contributed by atoms with Crippen LogP contribution in [-0.2, 0) is 17.6 Å². The first-order chi connectivity index (χ1) is 20.4. The van der Waals surface area contributed by atoms with E-state index in [0.717, 1.165) is 75.4 Å². The van der Waals surface area contributed by atoms with Gasteiger partial charge in [-0.15, -0.1) is 19.7 Å². The van der Waals surface area contributed by atoms with E-state index in [0.29, 0.717) is 37.6 Å². The number of aromatic carboxylic acids is 1. The maximum Gasteiger partial charge on any atom is 0.338 e. The van der Waals surface area contributed by atoms with Crippen molar-refractivity contribution in [3.8, 4) is 11.5 Å². The van der Waals surface area contributed by atoms with E-state index < -0.39 is 5.97 Å². The molecule has 0 aliphatic carbocycles. The van der Waals surface area contributed by atoms with Crippen LogP contribution in [0.5, 0.6) is 11.5 Å². The van der Waals surface area contributed by atoms with Gasteiger partial charge >= 0.3 is 11.9 Å². The number of rotatable bonds is 19. The third kappa shape index (κ3) is 15.8. The summed E-state index contributed by atoms with van der Waals surface area (Å²) in [6.07, 6.45) is 13.8. The Hall–Kier alpha value is -3.84. The third-order valence-corrected chi connectivity index (χ3v) is 5.93. The lowest BCUT2D eigenvalue weighted by Gasteiger charge is -2.12. The van der Waals surface area contributed by atoms with E-state index in [9.17, 15) is 9.59 Å². The molecule has 0 heterocycles. The van der Waals surface area contributed by atoms with E-state index >= 15 is 0 Å². The van der Waals surface area contributed by atoms with Crippen LogP contribution in [0, 0.1) is 0 Å². The average Bonchev–Trinajstić information content (AvgIpc) is 3.01. The molecule has 0 aromatic heterocycles. The first-order valence-electron chi connectivity index (χ1n) is 14.6. The molecular formula is C35H50O7. The van der Waals surface area contributed by atoms with Crippen LogP contribution in [0.3, 0.4) is 0 Å². The fourth-order valence-electron chi connectivity index (χ4n) is 3.61. The van der Waals surface area contributed by atoms with E-state index in [1.807, 2.05) is 24.3 Å². The van der Waals surface area contributed by atoms with Crippen LogP contribution in [0.4, 0.5) is 0 Å². The van der Waals surface area contributed by atoms with Crippen molar-refractivity contribution in [1.82, 2.24) is 0 Å². The van der Waals surface area contributed by atoms with Crippen molar-refractivity contribution in [2.45, 2.75) is 71.6 Å². The summed E-state index contributed by atoms with van der Waals surface area (Å²) in [6.45, 7) is 16.7. The third-order valence-electron chi connectivity index (χ3n) is 5.93. The molecule has 0 radical (unpaired) electrons. The standard InChI is InChI=1S/C19H26O3.C15H20O3.CH4O/c1-4-7-10-16-11-12-17(19(20)22-14-9-6-3)15-18(16)21-13-8-5-2;1-3-5-7-12-8-9-13(15(16)17)11-14(12)18-10-6-4-2;1-2/h5-6,11-12,15H,2-4,7-10,13-14H2,1H3;4,8-9,11H,2-3,5-7,10H2,1H3,(H,16,17);2H,1H3. The number of carboxylic acids is 1. The normalized spacial score (nSPS) is 9.71. The molecule has 0 bridgehead atoms. The van der Waals surface area contributed by atoms with Crippen LogP contribution < -0.4 is 9.47 Å². The first kappa shape index (κ1) is 38.2. The summed E-state index contributed by atoms with van der Waals surface area (Å²) in [4.78, 5) is 22.9. The number of carboxylic acid groups (broad SMARTS) is 1. The van der Waals surface area contributed by atoms with Crippen LogP contribution in [0.15, 0.2) is 74.4 Å². The molecule has 0 unspecified atom stereocenters. The second kappa shape index (κ2) is 24.9. The van der Waals surface area contributed by atoms with Gasteiger partial charge in [-0.2, -0.15) is 0 Å². The summed E-state index contributed by atoms with van der Waals surface area (Å²) in [5.74, 6) is 0.210. The van der Waals surface area contributed by atoms with E-state index in [4.69, 9.17) is 24.4 Å². The van der Waals surface area contributed by atoms with Gasteiger partial charge in [0.1, 0.15) is 11.5 Å². The highest BCUT2D eigenvalue weighted by Crippen LogP contribution is 2.24. The lowest BCUT2D eigenvalue weighted by molar-refractivity contribution is 0.0510. The number of unbranched alkanes of at least 4 members (excludes halogenated alkanes) is 2. The minimum absolute atomic E-state index is 0.267. The van der Waals surface area contributed by atoms with Crippen LogP contribution >= 0.6 is 0 Å². The summed E-state index contributed by atoms with van der Waals surface area (Å²) in [6, 6.07) is 10.6. The average molecular weight is 583 g/mol. The summed E-state index contributed by atoms with van der Waals surface area (Å²) in [7, 11) is 1.00. The van der Waals surface area contributed by atoms with E-state index in [1.165, 1.54) is 0 Å². The number of hydrogen-bond acceptors (Lipinski definition) is 6. The maximum absolute atomic E-state index is 12.0. The van der Waals surface area contributed by atoms with E-state index in [2.05, 4.69) is 33.6 Å². The Morgan fingerprint density at radius 1 is 0.714 bits per heavy atom. The number of esters is 1. The van der Waals surface area contributed by atoms with E-state index in [-0.39, 0.29) is 11.5 Å². The van der Waals surface area contributed by atoms with Gasteiger partial charge in [0.2, 0.25) is 0 Å². The van der Waals surface area contributed by atoms with Crippen molar-refractivity contribution >= 4 is 11.9 Å². The number of carbonyl (C=O) groups is 2. The molecule has 0 saturated carbocycles. The highest BCUT2D eigenvalue weighted by Gasteiger charge is 2.12. The lowest BCUT2D eigenvalue weighted by Crippen LogP contribution is -2.08. The van der Waals surface area contributed by atoms with Crippen LogP contribution in [-0.4, -0.2) is 49.1 Å². The van der Waals surface area contributed by atoms with Crippen molar-refractivity contribution in [3.05, 3.63) is 96.6 Å². The lowest BCUT2D eigenvalue weighted by atomic mass is 10.0. The molecule has 0 saturated heterocycles. The van der Waals surface area contributed by atoms with Crippen molar-refractivity contribution in [2.24, 2.45) is 0 Å². The Morgan fingerprint density at radius 3 is 1.57 bits per heavy atom. The Bertz CT molecular complexity index is 1080. The minimum Gasteiger partial charge on any atom is -0.493 e. The molecule has 0 spiro atoms. The number of hydrogen-bond donors (Lipinski definition) is 2. The summed E-state index contributed by atoms with van der Waals surface area (Å²) < 4.78 is 16.6. The molecule has 2 rings (SSSR count). The second-order valence-corrected chi connectivity index (χ2v) is 9.22. The van der Waals surface area contributed by atoms with Crippen LogP contribution in [0.2, 0.25) is 0 Å². The smallest absolute Gasteiger partial charge is 0.338 e. The number of benzene rings is 2. The van der Waals surface area contributed by atoms with Gasteiger partial charge in [0.25, 0.3) is 0 Å². The van der Waals surface area contributed by atoms with Gasteiger partial charge in [-0.3, -0.25) is 0 Å². The fourth-order valence-corrected chi connectivity index (χ4v) is 3.61. The highest BCUT2D eigenvalue weighted by atomic mass is 16.5. The summed E-state index contributed by atoms with van der Waals surface area (Å²) in [5.41, 5.74) is 3.00. The van der Waals surface area contributed by atoms with Gasteiger partial charge in [-0.05, 0) is 80.3 Å². The predicted molar refractivity (Wildman–Crippen MR) is 171 cm³/mol. The highest BCUT2D eigenvalue weighted by molar-refractivity contribution is 5.90. The second-order valence-electron chi connectivity index (χ2n) is 9.22. The molecule has 42 heavy (non-hydrogen) atoms. The molecule has 232 valence electrons. The zero-order valence-electron chi connectivity index (χ0n) is 25.7. The topological polar surface area (TPSA) is 102 Å². The van der Waals surface area contributed by atoms with Gasteiger partial charge in [-0.1, -0.05) is 57.0 Å². The maximum atomic E-state index is 12.0. The largest absolute Gasteiger partial charge is 0.493 e.